The Hall–Kier alpha value is -1.33. The van der Waals surface area contributed by atoms with Crippen molar-refractivity contribution < 1.29 is 14.3 Å². The fraction of sp³-hybridized carbons (Fsp3) is 0.688. The second-order valence-corrected chi connectivity index (χ2v) is 6.12. The number of hydrogen-bond acceptors (Lipinski definition) is 3. The largest absolute Gasteiger partial charge is 0.352 e. The highest BCUT2D eigenvalue weighted by atomic mass is 16.7. The summed E-state index contributed by atoms with van der Waals surface area (Å²) in [6.07, 6.45) is 2.05. The molecule has 116 valence electrons. The van der Waals surface area contributed by atoms with Crippen LogP contribution in [0.5, 0.6) is 0 Å². The first-order valence-corrected chi connectivity index (χ1v) is 7.68. The minimum Gasteiger partial charge on any atom is -0.352 e. The maximum atomic E-state index is 12.5. The minimum atomic E-state index is -0.407. The van der Waals surface area contributed by atoms with E-state index in [2.05, 4.69) is 24.5 Å². The number of carbonyl (C=O) groups excluding carboxylic acids is 1. The van der Waals surface area contributed by atoms with Crippen LogP contribution in [0.2, 0.25) is 0 Å². The van der Waals surface area contributed by atoms with Crippen molar-refractivity contribution in [2.75, 3.05) is 26.3 Å². The van der Waals surface area contributed by atoms with Gasteiger partial charge in [-0.15, -0.1) is 0 Å². The van der Waals surface area contributed by atoms with Crippen LogP contribution in [-0.2, 0) is 27.7 Å². The van der Waals surface area contributed by atoms with Crippen molar-refractivity contribution >= 4 is 5.91 Å². The topological polar surface area (TPSA) is 43.7 Å². The Labute approximate surface area is 125 Å². The minimum absolute atomic E-state index is 0.205. The summed E-state index contributed by atoms with van der Waals surface area (Å²) in [4.78, 5) is 14.4. The van der Waals surface area contributed by atoms with Crippen molar-refractivity contribution in [2.45, 2.75) is 38.9 Å². The molecule has 5 heteroatoms. The molecular weight excluding hydrogens is 268 g/mol. The molecule has 2 aliphatic heterocycles. The van der Waals surface area contributed by atoms with E-state index in [1.165, 1.54) is 11.4 Å². The molecular formula is C16H24N2O3. The summed E-state index contributed by atoms with van der Waals surface area (Å²) in [7, 11) is 2.04. The van der Waals surface area contributed by atoms with Gasteiger partial charge in [-0.3, -0.25) is 4.79 Å². The van der Waals surface area contributed by atoms with Gasteiger partial charge >= 0.3 is 0 Å². The van der Waals surface area contributed by atoms with Gasteiger partial charge in [0.2, 0.25) is 5.91 Å². The van der Waals surface area contributed by atoms with Gasteiger partial charge in [-0.25, -0.2) is 0 Å². The molecule has 0 radical (unpaired) electrons. The van der Waals surface area contributed by atoms with Crippen LogP contribution >= 0.6 is 0 Å². The van der Waals surface area contributed by atoms with Crippen molar-refractivity contribution in [2.24, 2.45) is 7.05 Å². The standard InChI is InChI=1S/C16H24N2O3/c1-12-10-14(13(2)17(12)3)11-15(19)18-6-4-16(5-7-18)20-8-9-21-16/h10H,4-9,11H2,1-3H3. The Kier molecular flexibility index (Phi) is 3.80. The average molecular weight is 292 g/mol. The molecule has 0 aliphatic carbocycles. The fourth-order valence-electron chi connectivity index (χ4n) is 3.27. The molecule has 0 N–H and O–H groups in total. The van der Waals surface area contributed by atoms with E-state index >= 15 is 0 Å². The third kappa shape index (κ3) is 2.72. The number of piperidine rings is 1. The van der Waals surface area contributed by atoms with E-state index in [1.807, 2.05) is 11.9 Å². The second-order valence-electron chi connectivity index (χ2n) is 6.12. The Morgan fingerprint density at radius 2 is 1.86 bits per heavy atom. The molecule has 3 rings (SSSR count). The Morgan fingerprint density at radius 3 is 2.38 bits per heavy atom. The van der Waals surface area contributed by atoms with Gasteiger partial charge in [0.25, 0.3) is 0 Å². The molecule has 2 fully saturated rings. The zero-order chi connectivity index (χ0) is 15.0. The molecule has 1 spiro atoms. The summed E-state index contributed by atoms with van der Waals surface area (Å²) in [5.74, 6) is -0.202. The first-order chi connectivity index (χ1) is 10.0. The molecule has 0 atom stereocenters. The third-order valence-corrected chi connectivity index (χ3v) is 4.91. The summed E-state index contributed by atoms with van der Waals surface area (Å²) in [6, 6.07) is 2.11. The summed E-state index contributed by atoms with van der Waals surface area (Å²) in [6.45, 7) is 6.95. The fourth-order valence-corrected chi connectivity index (χ4v) is 3.27. The molecule has 1 aromatic rings. The molecule has 2 saturated heterocycles. The summed E-state index contributed by atoms with van der Waals surface area (Å²) >= 11 is 0. The van der Waals surface area contributed by atoms with Gasteiger partial charge in [0, 0.05) is 44.4 Å². The lowest BCUT2D eigenvalue weighted by Gasteiger charge is -2.37. The van der Waals surface area contributed by atoms with E-state index in [-0.39, 0.29) is 5.91 Å². The predicted octanol–water partition coefficient (Wildman–Crippen LogP) is 1.55. The highest BCUT2D eigenvalue weighted by Crippen LogP contribution is 2.31. The first kappa shape index (κ1) is 14.6. The third-order valence-electron chi connectivity index (χ3n) is 4.91. The number of aromatic nitrogens is 1. The van der Waals surface area contributed by atoms with Gasteiger partial charge in [-0.1, -0.05) is 0 Å². The van der Waals surface area contributed by atoms with Crippen molar-refractivity contribution in [1.82, 2.24) is 9.47 Å². The number of hydrogen-bond donors (Lipinski definition) is 0. The van der Waals surface area contributed by atoms with Crippen LogP contribution in [0.1, 0.15) is 29.8 Å². The Balaban J connectivity index is 1.60. The van der Waals surface area contributed by atoms with E-state index in [9.17, 15) is 4.79 Å². The molecule has 3 heterocycles. The Bertz CT molecular complexity index is 534. The summed E-state index contributed by atoms with van der Waals surface area (Å²) in [5.41, 5.74) is 3.51. The number of nitrogens with zero attached hydrogens (tertiary/aromatic N) is 2. The highest BCUT2D eigenvalue weighted by Gasteiger charge is 2.40. The van der Waals surface area contributed by atoms with Crippen LogP contribution in [0.3, 0.4) is 0 Å². The van der Waals surface area contributed by atoms with Gasteiger partial charge in [-0.05, 0) is 25.5 Å². The van der Waals surface area contributed by atoms with Crippen molar-refractivity contribution in [3.63, 3.8) is 0 Å². The monoisotopic (exact) mass is 292 g/mol. The smallest absolute Gasteiger partial charge is 0.227 e. The molecule has 1 aromatic heterocycles. The highest BCUT2D eigenvalue weighted by molar-refractivity contribution is 5.79. The second kappa shape index (κ2) is 5.46. The predicted molar refractivity (Wildman–Crippen MR) is 79.0 cm³/mol. The van der Waals surface area contributed by atoms with Crippen LogP contribution in [0.15, 0.2) is 6.07 Å². The molecule has 0 aromatic carbocycles. The van der Waals surface area contributed by atoms with Crippen molar-refractivity contribution in [3.8, 4) is 0 Å². The maximum Gasteiger partial charge on any atom is 0.227 e. The van der Waals surface area contributed by atoms with Gasteiger partial charge < -0.3 is 18.9 Å². The molecule has 0 saturated carbocycles. The van der Waals surface area contributed by atoms with Crippen LogP contribution in [0, 0.1) is 13.8 Å². The van der Waals surface area contributed by atoms with Crippen LogP contribution in [-0.4, -0.2) is 47.5 Å². The van der Waals surface area contributed by atoms with E-state index in [0.717, 1.165) is 31.5 Å². The first-order valence-electron chi connectivity index (χ1n) is 7.68. The molecule has 1 amide bonds. The normalized spacial score (nSPS) is 21.2. The molecule has 21 heavy (non-hydrogen) atoms. The zero-order valence-corrected chi connectivity index (χ0v) is 13.1. The number of likely N-dealkylation sites (tertiary alicyclic amines) is 1. The Morgan fingerprint density at radius 1 is 1.24 bits per heavy atom. The molecule has 0 unspecified atom stereocenters. The number of carbonyl (C=O) groups is 1. The van der Waals surface area contributed by atoms with E-state index in [1.54, 1.807) is 0 Å². The molecule has 0 bridgehead atoms. The maximum absolute atomic E-state index is 12.5. The van der Waals surface area contributed by atoms with Crippen LogP contribution in [0.25, 0.3) is 0 Å². The number of amides is 1. The molecule has 5 nitrogen and oxygen atoms in total. The van der Waals surface area contributed by atoms with Crippen LogP contribution in [0.4, 0.5) is 0 Å². The van der Waals surface area contributed by atoms with Crippen molar-refractivity contribution in [3.05, 3.63) is 23.0 Å². The summed E-state index contributed by atoms with van der Waals surface area (Å²) in [5, 5.41) is 0. The van der Waals surface area contributed by atoms with E-state index < -0.39 is 5.79 Å². The average Bonchev–Trinajstić information content (AvgIpc) is 3.01. The summed E-state index contributed by atoms with van der Waals surface area (Å²) < 4.78 is 13.5. The SMILES string of the molecule is Cc1cc(CC(=O)N2CCC3(CC2)OCCO3)c(C)n1C. The quantitative estimate of drug-likeness (QED) is 0.830. The van der Waals surface area contributed by atoms with Gasteiger partial charge in [0.15, 0.2) is 5.79 Å². The van der Waals surface area contributed by atoms with Crippen LogP contribution < -0.4 is 0 Å². The van der Waals surface area contributed by atoms with E-state index in [0.29, 0.717) is 19.6 Å². The van der Waals surface area contributed by atoms with Gasteiger partial charge in [0.1, 0.15) is 0 Å². The van der Waals surface area contributed by atoms with Crippen molar-refractivity contribution in [1.29, 1.82) is 0 Å². The molecule has 2 aliphatic rings. The lowest BCUT2D eigenvalue weighted by atomic mass is 10.0. The lowest BCUT2D eigenvalue weighted by Crippen LogP contribution is -2.47. The van der Waals surface area contributed by atoms with Gasteiger partial charge in [0.05, 0.1) is 19.6 Å². The lowest BCUT2D eigenvalue weighted by molar-refractivity contribution is -0.187. The van der Waals surface area contributed by atoms with Gasteiger partial charge in [-0.2, -0.15) is 0 Å². The van der Waals surface area contributed by atoms with E-state index in [4.69, 9.17) is 9.47 Å². The number of ether oxygens (including phenoxy) is 2. The zero-order valence-electron chi connectivity index (χ0n) is 13.1. The number of rotatable bonds is 2. The number of aryl methyl sites for hydroxylation is 1.